The molecular weight excluding hydrogens is 248 g/mol. The molecule has 0 saturated carbocycles. The van der Waals surface area contributed by atoms with Crippen LogP contribution in [0.25, 0.3) is 0 Å². The topological polar surface area (TPSA) is 57.2 Å². The minimum atomic E-state index is -0.780. The Morgan fingerprint density at radius 1 is 1.00 bits per heavy atom. The van der Waals surface area contributed by atoms with Crippen molar-refractivity contribution in [3.8, 4) is 17.2 Å². The van der Waals surface area contributed by atoms with E-state index in [2.05, 4.69) is 0 Å². The second kappa shape index (κ2) is 7.21. The fourth-order valence-electron chi connectivity index (χ4n) is 1.76. The maximum atomic E-state index is 10.2. The Bertz CT molecular complexity index is 403. The zero-order valence-electron chi connectivity index (χ0n) is 12.1. The number of ether oxygens (including phenoxy) is 4. The molecule has 1 aromatic rings. The van der Waals surface area contributed by atoms with Gasteiger partial charge in [-0.1, -0.05) is 0 Å². The van der Waals surface area contributed by atoms with Gasteiger partial charge in [0.05, 0.1) is 34.0 Å². The predicted octanol–water partition coefficient (Wildman–Crippen LogP) is 2.17. The lowest BCUT2D eigenvalue weighted by Gasteiger charge is -2.19. The minimum absolute atomic E-state index is 0.0563. The Morgan fingerprint density at radius 2 is 1.63 bits per heavy atom. The summed E-state index contributed by atoms with van der Waals surface area (Å²) in [5.41, 5.74) is 0.612. The normalized spacial score (nSPS) is 12.4. The quantitative estimate of drug-likeness (QED) is 0.823. The first-order valence-electron chi connectivity index (χ1n) is 6.13. The molecular formula is C14H22O5. The van der Waals surface area contributed by atoms with E-state index in [-0.39, 0.29) is 12.7 Å². The third kappa shape index (κ3) is 3.75. The highest BCUT2D eigenvalue weighted by atomic mass is 16.5. The van der Waals surface area contributed by atoms with Crippen LogP contribution < -0.4 is 14.2 Å². The van der Waals surface area contributed by atoms with E-state index in [1.54, 1.807) is 19.2 Å². The molecule has 0 bridgehead atoms. The molecule has 0 aromatic heterocycles. The van der Waals surface area contributed by atoms with E-state index in [9.17, 15) is 5.11 Å². The van der Waals surface area contributed by atoms with Gasteiger partial charge in [0.1, 0.15) is 6.10 Å². The number of rotatable bonds is 7. The van der Waals surface area contributed by atoms with Crippen LogP contribution in [0.5, 0.6) is 17.2 Å². The highest BCUT2D eigenvalue weighted by Gasteiger charge is 2.21. The average Bonchev–Trinajstić information content (AvgIpc) is 2.42. The van der Waals surface area contributed by atoms with E-state index in [0.717, 1.165) is 0 Å². The third-order valence-electron chi connectivity index (χ3n) is 2.68. The molecule has 5 heteroatoms. The number of hydrogen-bond donors (Lipinski definition) is 1. The molecule has 1 N–H and O–H groups in total. The maximum Gasteiger partial charge on any atom is 0.203 e. The van der Waals surface area contributed by atoms with Crippen LogP contribution in [0.2, 0.25) is 0 Å². The van der Waals surface area contributed by atoms with Gasteiger partial charge < -0.3 is 24.1 Å². The minimum Gasteiger partial charge on any atom is -0.493 e. The van der Waals surface area contributed by atoms with E-state index in [1.165, 1.54) is 14.2 Å². The molecule has 0 heterocycles. The molecule has 5 nitrogen and oxygen atoms in total. The summed E-state index contributed by atoms with van der Waals surface area (Å²) in [6.45, 7) is 4.03. The van der Waals surface area contributed by atoms with Crippen LogP contribution in [0.3, 0.4) is 0 Å². The zero-order valence-corrected chi connectivity index (χ0v) is 12.1. The van der Waals surface area contributed by atoms with E-state index < -0.39 is 6.10 Å². The molecule has 0 saturated heterocycles. The van der Waals surface area contributed by atoms with Gasteiger partial charge in [0.25, 0.3) is 0 Å². The summed E-state index contributed by atoms with van der Waals surface area (Å²) in [5, 5.41) is 10.2. The Morgan fingerprint density at radius 3 is 2.11 bits per heavy atom. The molecule has 0 aliphatic carbocycles. The molecule has 0 aliphatic heterocycles. The fourth-order valence-corrected chi connectivity index (χ4v) is 1.76. The van der Waals surface area contributed by atoms with Crippen molar-refractivity contribution in [1.82, 2.24) is 0 Å². The molecule has 1 aromatic carbocycles. The molecule has 0 fully saturated rings. The predicted molar refractivity (Wildman–Crippen MR) is 72.1 cm³/mol. The lowest BCUT2D eigenvalue weighted by molar-refractivity contribution is 0.00394. The summed E-state index contributed by atoms with van der Waals surface area (Å²) in [5.74, 6) is 1.48. The molecule has 0 spiro atoms. The highest BCUT2D eigenvalue weighted by molar-refractivity contribution is 5.56. The molecule has 108 valence electrons. The first kappa shape index (κ1) is 15.6. The molecule has 19 heavy (non-hydrogen) atoms. The Hall–Kier alpha value is -1.46. The van der Waals surface area contributed by atoms with Gasteiger partial charge in [0.2, 0.25) is 5.75 Å². The molecule has 0 radical (unpaired) electrons. The van der Waals surface area contributed by atoms with Crippen LogP contribution in [-0.4, -0.2) is 39.1 Å². The average molecular weight is 270 g/mol. The van der Waals surface area contributed by atoms with Gasteiger partial charge in [-0.3, -0.25) is 0 Å². The van der Waals surface area contributed by atoms with Gasteiger partial charge in [-0.15, -0.1) is 0 Å². The summed E-state index contributed by atoms with van der Waals surface area (Å²) in [6.07, 6.45) is -0.724. The van der Waals surface area contributed by atoms with Crippen molar-refractivity contribution in [2.24, 2.45) is 0 Å². The first-order chi connectivity index (χ1) is 9.04. The number of aliphatic hydroxyl groups excluding tert-OH is 1. The zero-order chi connectivity index (χ0) is 14.4. The van der Waals surface area contributed by atoms with Crippen LogP contribution in [0.4, 0.5) is 0 Å². The van der Waals surface area contributed by atoms with E-state index in [1.807, 2.05) is 13.8 Å². The molecule has 0 amide bonds. The third-order valence-corrected chi connectivity index (χ3v) is 2.68. The lowest BCUT2D eigenvalue weighted by atomic mass is 10.1. The standard InChI is InChI=1S/C14H22O5/c1-9(2)19-8-11(15)10-6-7-12(16-3)14(18-5)13(10)17-4/h6-7,9,11,15H,8H2,1-5H3. The number of hydrogen-bond acceptors (Lipinski definition) is 5. The van der Waals surface area contributed by atoms with E-state index >= 15 is 0 Å². The first-order valence-corrected chi connectivity index (χ1v) is 6.13. The van der Waals surface area contributed by atoms with E-state index in [0.29, 0.717) is 22.8 Å². The van der Waals surface area contributed by atoms with Crippen LogP contribution in [-0.2, 0) is 4.74 Å². The Balaban J connectivity index is 3.06. The number of aliphatic hydroxyl groups is 1. The number of benzene rings is 1. The summed E-state index contributed by atoms with van der Waals surface area (Å²) in [6, 6.07) is 3.48. The lowest BCUT2D eigenvalue weighted by Crippen LogP contribution is -2.13. The van der Waals surface area contributed by atoms with Gasteiger partial charge in [-0.2, -0.15) is 0 Å². The monoisotopic (exact) mass is 270 g/mol. The van der Waals surface area contributed by atoms with Crippen molar-refractivity contribution in [2.45, 2.75) is 26.1 Å². The molecule has 0 aliphatic rings. The van der Waals surface area contributed by atoms with Crippen molar-refractivity contribution < 1.29 is 24.1 Å². The summed E-state index contributed by atoms with van der Waals surface area (Å²) >= 11 is 0. The van der Waals surface area contributed by atoms with Crippen molar-refractivity contribution in [3.63, 3.8) is 0 Å². The van der Waals surface area contributed by atoms with Gasteiger partial charge in [-0.05, 0) is 26.0 Å². The van der Waals surface area contributed by atoms with E-state index in [4.69, 9.17) is 18.9 Å². The Labute approximate surface area is 114 Å². The molecule has 1 unspecified atom stereocenters. The highest BCUT2D eigenvalue weighted by Crippen LogP contribution is 2.42. The second-order valence-electron chi connectivity index (χ2n) is 4.32. The maximum absolute atomic E-state index is 10.2. The number of methoxy groups -OCH3 is 3. The summed E-state index contributed by atoms with van der Waals surface area (Å²) < 4.78 is 21.2. The van der Waals surface area contributed by atoms with Crippen LogP contribution in [0, 0.1) is 0 Å². The second-order valence-corrected chi connectivity index (χ2v) is 4.32. The summed E-state index contributed by atoms with van der Waals surface area (Å²) in [7, 11) is 4.60. The van der Waals surface area contributed by atoms with Crippen molar-refractivity contribution in [2.75, 3.05) is 27.9 Å². The Kier molecular flexibility index (Phi) is 5.92. The van der Waals surface area contributed by atoms with Crippen molar-refractivity contribution in [1.29, 1.82) is 0 Å². The summed E-state index contributed by atoms with van der Waals surface area (Å²) in [4.78, 5) is 0. The van der Waals surface area contributed by atoms with Crippen molar-refractivity contribution >= 4 is 0 Å². The van der Waals surface area contributed by atoms with Gasteiger partial charge in [0.15, 0.2) is 11.5 Å². The SMILES string of the molecule is COc1ccc(C(O)COC(C)C)c(OC)c1OC. The van der Waals surface area contributed by atoms with Crippen molar-refractivity contribution in [3.05, 3.63) is 17.7 Å². The van der Waals surface area contributed by atoms with Crippen LogP contribution in [0.15, 0.2) is 12.1 Å². The van der Waals surface area contributed by atoms with Gasteiger partial charge >= 0.3 is 0 Å². The van der Waals surface area contributed by atoms with Gasteiger partial charge in [0, 0.05) is 5.56 Å². The van der Waals surface area contributed by atoms with Gasteiger partial charge in [-0.25, -0.2) is 0 Å². The largest absolute Gasteiger partial charge is 0.493 e. The molecule has 1 rings (SSSR count). The fraction of sp³-hybridized carbons (Fsp3) is 0.571. The van der Waals surface area contributed by atoms with Crippen LogP contribution >= 0.6 is 0 Å². The smallest absolute Gasteiger partial charge is 0.203 e. The molecule has 1 atom stereocenters. The van der Waals surface area contributed by atoms with Crippen LogP contribution in [0.1, 0.15) is 25.5 Å².